The van der Waals surface area contributed by atoms with E-state index in [4.69, 9.17) is 9.47 Å². The third-order valence-electron chi connectivity index (χ3n) is 4.84. The maximum Gasteiger partial charge on any atom is 0.191 e. The van der Waals surface area contributed by atoms with Crippen LogP contribution >= 0.6 is 0 Å². The molecular formula is C21H36N4O2. The molecule has 0 bridgehead atoms. The number of rotatable bonds is 10. The number of benzene rings is 1. The van der Waals surface area contributed by atoms with Crippen molar-refractivity contribution in [2.75, 3.05) is 53.6 Å². The Hall–Kier alpha value is -1.79. The van der Waals surface area contributed by atoms with Crippen molar-refractivity contribution >= 4 is 5.96 Å². The molecule has 0 saturated carbocycles. The predicted octanol–water partition coefficient (Wildman–Crippen LogP) is 2.29. The number of hydrogen-bond donors (Lipinski definition) is 2. The number of nitrogens with zero attached hydrogens (tertiary/aromatic N) is 2. The van der Waals surface area contributed by atoms with Crippen molar-refractivity contribution in [1.82, 2.24) is 15.5 Å². The zero-order valence-electron chi connectivity index (χ0n) is 17.2. The van der Waals surface area contributed by atoms with Crippen LogP contribution in [0.1, 0.15) is 31.7 Å². The van der Waals surface area contributed by atoms with Gasteiger partial charge in [-0.25, -0.2) is 0 Å². The van der Waals surface area contributed by atoms with E-state index in [1.165, 1.54) is 5.56 Å². The zero-order chi connectivity index (χ0) is 19.3. The summed E-state index contributed by atoms with van der Waals surface area (Å²) in [6, 6.07) is 8.84. The molecule has 1 aromatic carbocycles. The highest BCUT2D eigenvalue weighted by atomic mass is 16.5. The highest BCUT2D eigenvalue weighted by Gasteiger charge is 2.19. The minimum absolute atomic E-state index is 0.487. The van der Waals surface area contributed by atoms with Crippen molar-refractivity contribution in [3.63, 3.8) is 0 Å². The molecule has 0 spiro atoms. The number of piperidine rings is 1. The van der Waals surface area contributed by atoms with Crippen LogP contribution in [-0.4, -0.2) is 70.5 Å². The van der Waals surface area contributed by atoms with E-state index in [1.807, 2.05) is 13.1 Å². The summed E-state index contributed by atoms with van der Waals surface area (Å²) in [5, 5.41) is 7.00. The Bertz CT molecular complexity index is 557. The Kier molecular flexibility index (Phi) is 10.0. The number of aliphatic imine (C=N–C) groups is 1. The molecule has 1 fully saturated rings. The van der Waals surface area contributed by atoms with E-state index in [0.717, 1.165) is 76.8 Å². The first-order valence-corrected chi connectivity index (χ1v) is 10.1. The number of nitrogens with one attached hydrogen (secondary N) is 2. The molecule has 0 amide bonds. The molecule has 1 aromatic rings. The molecule has 1 saturated heterocycles. The Labute approximate surface area is 164 Å². The zero-order valence-corrected chi connectivity index (χ0v) is 17.2. The highest BCUT2D eigenvalue weighted by molar-refractivity contribution is 5.79. The molecule has 2 rings (SSSR count). The van der Waals surface area contributed by atoms with Gasteiger partial charge in [0.05, 0.1) is 13.2 Å². The van der Waals surface area contributed by atoms with Crippen LogP contribution in [0.15, 0.2) is 29.3 Å². The second-order valence-electron chi connectivity index (χ2n) is 7.00. The van der Waals surface area contributed by atoms with Crippen molar-refractivity contribution in [3.05, 3.63) is 29.8 Å². The van der Waals surface area contributed by atoms with Gasteiger partial charge in [0.25, 0.3) is 0 Å². The minimum atomic E-state index is 0.487. The van der Waals surface area contributed by atoms with Crippen LogP contribution in [0.4, 0.5) is 0 Å². The average Bonchev–Trinajstić information content (AvgIpc) is 2.71. The lowest BCUT2D eigenvalue weighted by molar-refractivity contribution is 0.128. The van der Waals surface area contributed by atoms with E-state index in [9.17, 15) is 0 Å². The van der Waals surface area contributed by atoms with Gasteiger partial charge in [-0.1, -0.05) is 19.1 Å². The van der Waals surface area contributed by atoms with Crippen molar-refractivity contribution in [2.45, 2.75) is 38.6 Å². The first kappa shape index (κ1) is 21.5. The van der Waals surface area contributed by atoms with Gasteiger partial charge >= 0.3 is 0 Å². The summed E-state index contributed by atoms with van der Waals surface area (Å²) in [7, 11) is 3.60. The molecule has 152 valence electrons. The maximum absolute atomic E-state index is 5.71. The second kappa shape index (κ2) is 12.6. The molecule has 0 unspecified atom stereocenters. The molecule has 0 aromatic heterocycles. The molecule has 0 atom stereocenters. The average molecular weight is 377 g/mol. The van der Waals surface area contributed by atoms with Gasteiger partial charge in [-0.05, 0) is 43.4 Å². The Morgan fingerprint density at radius 1 is 1.26 bits per heavy atom. The van der Waals surface area contributed by atoms with Gasteiger partial charge in [-0.15, -0.1) is 0 Å². The number of likely N-dealkylation sites (tertiary alicyclic amines) is 1. The van der Waals surface area contributed by atoms with Crippen molar-refractivity contribution in [3.8, 4) is 5.75 Å². The van der Waals surface area contributed by atoms with Crippen LogP contribution in [0, 0.1) is 0 Å². The van der Waals surface area contributed by atoms with Crippen molar-refractivity contribution in [2.24, 2.45) is 4.99 Å². The van der Waals surface area contributed by atoms with Crippen LogP contribution in [0.5, 0.6) is 5.75 Å². The number of hydrogen-bond acceptors (Lipinski definition) is 4. The molecule has 1 heterocycles. The molecule has 6 nitrogen and oxygen atoms in total. The molecule has 0 aliphatic carbocycles. The molecule has 1 aliphatic rings. The fourth-order valence-corrected chi connectivity index (χ4v) is 3.25. The van der Waals surface area contributed by atoms with E-state index in [1.54, 1.807) is 7.11 Å². The van der Waals surface area contributed by atoms with Crippen LogP contribution < -0.4 is 15.4 Å². The fourth-order valence-electron chi connectivity index (χ4n) is 3.25. The molecule has 27 heavy (non-hydrogen) atoms. The summed E-state index contributed by atoms with van der Waals surface area (Å²) < 4.78 is 10.9. The first-order chi connectivity index (χ1) is 13.2. The van der Waals surface area contributed by atoms with E-state index >= 15 is 0 Å². The van der Waals surface area contributed by atoms with Crippen molar-refractivity contribution < 1.29 is 9.47 Å². The Morgan fingerprint density at radius 3 is 2.78 bits per heavy atom. The molecular weight excluding hydrogens is 340 g/mol. The standard InChI is InChI=1S/C21H36N4O2/c1-4-15-27-20-7-5-6-18(17-20)8-11-23-21(22-2)24-19-9-12-25(13-10-19)14-16-26-3/h5-7,17,19H,4,8-16H2,1-3H3,(H2,22,23,24). The van der Waals surface area contributed by atoms with E-state index in [-0.39, 0.29) is 0 Å². The Morgan fingerprint density at radius 2 is 2.07 bits per heavy atom. The summed E-state index contributed by atoms with van der Waals surface area (Å²) in [5.74, 6) is 1.85. The topological polar surface area (TPSA) is 58.1 Å². The van der Waals surface area contributed by atoms with Gasteiger partial charge in [0.15, 0.2) is 5.96 Å². The van der Waals surface area contributed by atoms with Crippen molar-refractivity contribution in [1.29, 1.82) is 0 Å². The van der Waals surface area contributed by atoms with Gasteiger partial charge in [-0.3, -0.25) is 4.99 Å². The third-order valence-corrected chi connectivity index (χ3v) is 4.84. The fraction of sp³-hybridized carbons (Fsp3) is 0.667. The summed E-state index contributed by atoms with van der Waals surface area (Å²) in [5.41, 5.74) is 1.28. The molecule has 0 radical (unpaired) electrons. The van der Waals surface area contributed by atoms with Gasteiger partial charge in [0.2, 0.25) is 0 Å². The normalized spacial score (nSPS) is 16.3. The summed E-state index contributed by atoms with van der Waals surface area (Å²) in [4.78, 5) is 6.84. The molecule has 6 heteroatoms. The van der Waals surface area contributed by atoms with E-state index < -0.39 is 0 Å². The van der Waals surface area contributed by atoms with Gasteiger partial charge in [0, 0.05) is 46.4 Å². The predicted molar refractivity (Wildman–Crippen MR) is 112 cm³/mol. The van der Waals surface area contributed by atoms with Crippen LogP contribution in [0.25, 0.3) is 0 Å². The van der Waals surface area contributed by atoms with Gasteiger partial charge in [0.1, 0.15) is 5.75 Å². The Balaban J connectivity index is 1.69. The number of methoxy groups -OCH3 is 1. The van der Waals surface area contributed by atoms with E-state index in [0.29, 0.717) is 6.04 Å². The number of ether oxygens (including phenoxy) is 2. The molecule has 2 N–H and O–H groups in total. The van der Waals surface area contributed by atoms with E-state index in [2.05, 4.69) is 45.6 Å². The summed E-state index contributed by atoms with van der Waals surface area (Å²) >= 11 is 0. The third kappa shape index (κ3) is 8.18. The molecule has 1 aliphatic heterocycles. The summed E-state index contributed by atoms with van der Waals surface area (Å²) in [6.07, 6.45) is 4.25. The lowest BCUT2D eigenvalue weighted by atomic mass is 10.1. The largest absolute Gasteiger partial charge is 0.494 e. The lowest BCUT2D eigenvalue weighted by Gasteiger charge is -2.32. The van der Waals surface area contributed by atoms with Crippen LogP contribution in [-0.2, 0) is 11.2 Å². The smallest absolute Gasteiger partial charge is 0.191 e. The second-order valence-corrected chi connectivity index (χ2v) is 7.00. The van der Waals surface area contributed by atoms with Crippen LogP contribution in [0.3, 0.4) is 0 Å². The minimum Gasteiger partial charge on any atom is -0.494 e. The van der Waals surface area contributed by atoms with Crippen LogP contribution in [0.2, 0.25) is 0 Å². The first-order valence-electron chi connectivity index (χ1n) is 10.1. The number of guanidine groups is 1. The SMILES string of the molecule is CCCOc1cccc(CCNC(=NC)NC2CCN(CCOC)CC2)c1. The highest BCUT2D eigenvalue weighted by Crippen LogP contribution is 2.14. The van der Waals surface area contributed by atoms with Gasteiger partial charge in [-0.2, -0.15) is 0 Å². The van der Waals surface area contributed by atoms with Gasteiger partial charge < -0.3 is 25.0 Å². The monoisotopic (exact) mass is 376 g/mol. The lowest BCUT2D eigenvalue weighted by Crippen LogP contribution is -2.49. The maximum atomic E-state index is 5.71. The summed E-state index contributed by atoms with van der Waals surface area (Å²) in [6.45, 7) is 7.80. The quantitative estimate of drug-likeness (QED) is 0.485.